The van der Waals surface area contributed by atoms with Gasteiger partial charge in [-0.3, -0.25) is 4.98 Å². The van der Waals surface area contributed by atoms with Crippen molar-refractivity contribution in [3.8, 4) is 11.3 Å². The number of fused-ring (bicyclic) bond motifs is 1. The van der Waals surface area contributed by atoms with Crippen LogP contribution in [0.25, 0.3) is 22.2 Å². The average molecular weight is 391 g/mol. The summed E-state index contributed by atoms with van der Waals surface area (Å²) in [5.41, 5.74) is 3.83. The van der Waals surface area contributed by atoms with Gasteiger partial charge < -0.3 is 5.32 Å². The van der Waals surface area contributed by atoms with Crippen LogP contribution in [0.15, 0.2) is 77.4 Å². The molecule has 5 heteroatoms. The molecule has 4 aromatic rings. The Hall–Kier alpha value is -2.79. The Morgan fingerprint density at radius 2 is 1.72 bits per heavy atom. The molecular weight excluding hydrogens is 376 g/mol. The Labute approximate surface area is 154 Å². The standard InChI is InChI=1S/C20H15BrN4/c21-15-9-10-18-17(12-15)19(14-6-2-1-3-7-14)25-20(24-18)23-13-16-8-4-5-11-22-16/h1-12H,13H2,(H,23,24,25). The first kappa shape index (κ1) is 15.7. The summed E-state index contributed by atoms with van der Waals surface area (Å²) in [4.78, 5) is 13.7. The van der Waals surface area contributed by atoms with Gasteiger partial charge in [0.15, 0.2) is 0 Å². The second-order valence-corrected chi connectivity index (χ2v) is 6.51. The van der Waals surface area contributed by atoms with Crippen molar-refractivity contribution in [2.45, 2.75) is 6.54 Å². The van der Waals surface area contributed by atoms with E-state index in [2.05, 4.69) is 49.4 Å². The van der Waals surface area contributed by atoms with Crippen molar-refractivity contribution in [1.29, 1.82) is 0 Å². The predicted molar refractivity (Wildman–Crippen MR) is 104 cm³/mol. The highest BCUT2D eigenvalue weighted by atomic mass is 79.9. The Morgan fingerprint density at radius 3 is 2.52 bits per heavy atom. The minimum Gasteiger partial charge on any atom is -0.349 e. The summed E-state index contributed by atoms with van der Waals surface area (Å²) in [7, 11) is 0. The van der Waals surface area contributed by atoms with E-state index in [-0.39, 0.29) is 0 Å². The first-order valence-electron chi connectivity index (χ1n) is 7.96. The molecule has 0 atom stereocenters. The summed E-state index contributed by atoms with van der Waals surface area (Å²) in [6.07, 6.45) is 1.78. The van der Waals surface area contributed by atoms with E-state index in [1.807, 2.05) is 48.5 Å². The molecule has 4 nitrogen and oxygen atoms in total. The molecule has 0 aliphatic heterocycles. The van der Waals surface area contributed by atoms with Gasteiger partial charge in [-0.15, -0.1) is 0 Å². The Kier molecular flexibility index (Phi) is 4.39. The number of pyridine rings is 1. The number of hydrogen-bond acceptors (Lipinski definition) is 4. The van der Waals surface area contributed by atoms with Gasteiger partial charge in [-0.25, -0.2) is 9.97 Å². The zero-order valence-corrected chi connectivity index (χ0v) is 14.9. The van der Waals surface area contributed by atoms with Crippen molar-refractivity contribution in [2.75, 3.05) is 5.32 Å². The third-order valence-electron chi connectivity index (χ3n) is 3.86. The number of aromatic nitrogens is 3. The molecule has 0 radical (unpaired) electrons. The molecule has 0 fully saturated rings. The summed E-state index contributed by atoms with van der Waals surface area (Å²) >= 11 is 3.54. The van der Waals surface area contributed by atoms with E-state index in [1.54, 1.807) is 6.20 Å². The van der Waals surface area contributed by atoms with Crippen LogP contribution in [-0.2, 0) is 6.54 Å². The maximum atomic E-state index is 4.76. The third-order valence-corrected chi connectivity index (χ3v) is 4.35. The lowest BCUT2D eigenvalue weighted by Crippen LogP contribution is -2.06. The Morgan fingerprint density at radius 1 is 0.880 bits per heavy atom. The number of rotatable bonds is 4. The Balaban J connectivity index is 1.77. The quantitative estimate of drug-likeness (QED) is 0.528. The summed E-state index contributed by atoms with van der Waals surface area (Å²) in [6, 6.07) is 22.1. The van der Waals surface area contributed by atoms with Crippen LogP contribution in [0.1, 0.15) is 5.69 Å². The molecule has 0 spiro atoms. The molecule has 0 aliphatic rings. The van der Waals surface area contributed by atoms with Gasteiger partial charge in [0.25, 0.3) is 0 Å². The topological polar surface area (TPSA) is 50.7 Å². The second kappa shape index (κ2) is 6.99. The molecular formula is C20H15BrN4. The minimum atomic E-state index is 0.580. The van der Waals surface area contributed by atoms with Crippen LogP contribution >= 0.6 is 15.9 Å². The summed E-state index contributed by atoms with van der Waals surface area (Å²) in [5.74, 6) is 0.597. The highest BCUT2D eigenvalue weighted by molar-refractivity contribution is 9.10. The van der Waals surface area contributed by atoms with Crippen molar-refractivity contribution in [1.82, 2.24) is 15.0 Å². The lowest BCUT2D eigenvalue weighted by Gasteiger charge is -2.10. The molecule has 25 heavy (non-hydrogen) atoms. The van der Waals surface area contributed by atoms with E-state index in [0.717, 1.165) is 32.3 Å². The van der Waals surface area contributed by atoms with Crippen LogP contribution in [0.3, 0.4) is 0 Å². The van der Waals surface area contributed by atoms with Gasteiger partial charge in [0, 0.05) is 21.6 Å². The smallest absolute Gasteiger partial charge is 0.224 e. The van der Waals surface area contributed by atoms with Crippen LogP contribution < -0.4 is 5.32 Å². The zero-order valence-electron chi connectivity index (χ0n) is 13.4. The molecule has 2 aromatic carbocycles. The molecule has 2 heterocycles. The number of hydrogen-bond donors (Lipinski definition) is 1. The first-order valence-corrected chi connectivity index (χ1v) is 8.75. The van der Waals surface area contributed by atoms with Gasteiger partial charge >= 0.3 is 0 Å². The number of nitrogens with one attached hydrogen (secondary N) is 1. The molecule has 4 rings (SSSR count). The molecule has 0 bridgehead atoms. The predicted octanol–water partition coefficient (Wildman–Crippen LogP) is 5.07. The molecule has 2 aromatic heterocycles. The van der Waals surface area contributed by atoms with Crippen LogP contribution in [-0.4, -0.2) is 15.0 Å². The maximum Gasteiger partial charge on any atom is 0.224 e. The summed E-state index contributed by atoms with van der Waals surface area (Å²) < 4.78 is 1.01. The van der Waals surface area contributed by atoms with E-state index < -0.39 is 0 Å². The lowest BCUT2D eigenvalue weighted by atomic mass is 10.1. The van der Waals surface area contributed by atoms with Crippen molar-refractivity contribution < 1.29 is 0 Å². The van der Waals surface area contributed by atoms with Crippen molar-refractivity contribution in [2.24, 2.45) is 0 Å². The first-order chi connectivity index (χ1) is 12.3. The summed E-state index contributed by atoms with van der Waals surface area (Å²) in [5, 5.41) is 4.30. The van der Waals surface area contributed by atoms with Gasteiger partial charge in [-0.05, 0) is 30.3 Å². The van der Waals surface area contributed by atoms with Crippen LogP contribution in [0, 0.1) is 0 Å². The number of anilines is 1. The van der Waals surface area contributed by atoms with Gasteiger partial charge in [-0.1, -0.05) is 52.3 Å². The fourth-order valence-electron chi connectivity index (χ4n) is 2.67. The van der Waals surface area contributed by atoms with Gasteiger partial charge in [0.1, 0.15) is 0 Å². The third kappa shape index (κ3) is 3.51. The van der Waals surface area contributed by atoms with Crippen molar-refractivity contribution in [3.05, 3.63) is 83.1 Å². The molecule has 0 saturated heterocycles. The molecule has 0 unspecified atom stereocenters. The Bertz CT molecular complexity index is 1000. The van der Waals surface area contributed by atoms with Crippen molar-refractivity contribution in [3.63, 3.8) is 0 Å². The molecule has 0 amide bonds. The van der Waals surface area contributed by atoms with E-state index in [4.69, 9.17) is 4.98 Å². The molecule has 0 aliphatic carbocycles. The number of halogens is 1. The van der Waals surface area contributed by atoms with E-state index in [1.165, 1.54) is 0 Å². The van der Waals surface area contributed by atoms with Gasteiger partial charge in [-0.2, -0.15) is 0 Å². The van der Waals surface area contributed by atoms with E-state index >= 15 is 0 Å². The van der Waals surface area contributed by atoms with Crippen LogP contribution in [0.5, 0.6) is 0 Å². The fourth-order valence-corrected chi connectivity index (χ4v) is 3.03. The normalized spacial score (nSPS) is 10.8. The minimum absolute atomic E-state index is 0.580. The van der Waals surface area contributed by atoms with E-state index in [9.17, 15) is 0 Å². The SMILES string of the molecule is Brc1ccc2nc(NCc3ccccn3)nc(-c3ccccc3)c2c1. The monoisotopic (exact) mass is 390 g/mol. The number of benzene rings is 2. The molecule has 1 N–H and O–H groups in total. The largest absolute Gasteiger partial charge is 0.349 e. The van der Waals surface area contributed by atoms with Crippen LogP contribution in [0.4, 0.5) is 5.95 Å². The molecule has 0 saturated carbocycles. The van der Waals surface area contributed by atoms with Gasteiger partial charge in [0.05, 0.1) is 23.4 Å². The van der Waals surface area contributed by atoms with Crippen molar-refractivity contribution >= 4 is 32.8 Å². The maximum absolute atomic E-state index is 4.76. The summed E-state index contributed by atoms with van der Waals surface area (Å²) in [6.45, 7) is 0.580. The van der Waals surface area contributed by atoms with E-state index in [0.29, 0.717) is 12.5 Å². The highest BCUT2D eigenvalue weighted by Crippen LogP contribution is 2.29. The highest BCUT2D eigenvalue weighted by Gasteiger charge is 2.10. The second-order valence-electron chi connectivity index (χ2n) is 5.60. The lowest BCUT2D eigenvalue weighted by molar-refractivity contribution is 1.01. The fraction of sp³-hybridized carbons (Fsp3) is 0.0500. The van der Waals surface area contributed by atoms with Gasteiger partial charge in [0.2, 0.25) is 5.95 Å². The van der Waals surface area contributed by atoms with Crippen LogP contribution in [0.2, 0.25) is 0 Å². The number of nitrogens with zero attached hydrogens (tertiary/aromatic N) is 3. The molecule has 122 valence electrons. The average Bonchev–Trinajstić information content (AvgIpc) is 2.67. The zero-order chi connectivity index (χ0) is 17.1.